The quantitative estimate of drug-likeness (QED) is 0.889. The number of aryl methyl sites for hydroxylation is 1. The molecule has 5 nitrogen and oxygen atoms in total. The Balaban J connectivity index is 2.21. The van der Waals surface area contributed by atoms with Crippen LogP contribution in [-0.2, 0) is 11.3 Å². The Morgan fingerprint density at radius 2 is 1.82 bits per heavy atom. The molecule has 1 N–H and O–H groups in total. The van der Waals surface area contributed by atoms with Crippen molar-refractivity contribution in [2.75, 3.05) is 6.54 Å². The molecule has 0 saturated carbocycles. The van der Waals surface area contributed by atoms with E-state index in [0.29, 0.717) is 12.1 Å². The maximum absolute atomic E-state index is 12.7. The van der Waals surface area contributed by atoms with Crippen LogP contribution in [0.25, 0.3) is 0 Å². The minimum absolute atomic E-state index is 0.0807. The van der Waals surface area contributed by atoms with Gasteiger partial charge in [0.15, 0.2) is 0 Å². The fourth-order valence-corrected chi connectivity index (χ4v) is 2.17. The van der Waals surface area contributed by atoms with Gasteiger partial charge in [-0.25, -0.2) is 0 Å². The molecule has 114 valence electrons. The maximum atomic E-state index is 12.7. The minimum Gasteiger partial charge on any atom is -0.481 e. The number of nitrogens with zero attached hydrogens (tertiary/aromatic N) is 2. The van der Waals surface area contributed by atoms with Crippen LogP contribution in [0.1, 0.15) is 27.9 Å². The molecule has 2 rings (SSSR count). The molecule has 1 amide bonds. The van der Waals surface area contributed by atoms with Crippen LogP contribution >= 0.6 is 0 Å². The number of carboxylic acids is 1. The number of pyridine rings is 1. The van der Waals surface area contributed by atoms with Crippen LogP contribution in [0.15, 0.2) is 48.8 Å². The van der Waals surface area contributed by atoms with Crippen molar-refractivity contribution in [2.45, 2.75) is 19.9 Å². The molecule has 0 aliphatic carbocycles. The van der Waals surface area contributed by atoms with Crippen molar-refractivity contribution in [3.8, 4) is 0 Å². The van der Waals surface area contributed by atoms with Gasteiger partial charge in [0.1, 0.15) is 0 Å². The van der Waals surface area contributed by atoms with E-state index in [1.165, 1.54) is 0 Å². The summed E-state index contributed by atoms with van der Waals surface area (Å²) in [4.78, 5) is 29.0. The zero-order chi connectivity index (χ0) is 15.9. The number of carboxylic acid groups (broad SMARTS) is 1. The summed E-state index contributed by atoms with van der Waals surface area (Å²) in [6, 6.07) is 10.9. The molecule has 1 aromatic carbocycles. The Hall–Kier alpha value is -2.69. The second-order valence-electron chi connectivity index (χ2n) is 5.04. The second kappa shape index (κ2) is 7.36. The van der Waals surface area contributed by atoms with E-state index in [4.69, 9.17) is 5.11 Å². The highest BCUT2D eigenvalue weighted by Crippen LogP contribution is 2.14. The molecule has 1 aromatic heterocycles. The number of carbonyl (C=O) groups is 2. The number of rotatable bonds is 6. The third-order valence-corrected chi connectivity index (χ3v) is 3.38. The number of carbonyl (C=O) groups excluding carboxylic acids is 1. The molecular weight excluding hydrogens is 280 g/mol. The lowest BCUT2D eigenvalue weighted by molar-refractivity contribution is -0.137. The first-order valence-electron chi connectivity index (χ1n) is 7.03. The van der Waals surface area contributed by atoms with E-state index in [0.717, 1.165) is 11.1 Å². The lowest BCUT2D eigenvalue weighted by Crippen LogP contribution is -2.33. The predicted molar refractivity (Wildman–Crippen MR) is 82.4 cm³/mol. The minimum atomic E-state index is -0.919. The van der Waals surface area contributed by atoms with Gasteiger partial charge in [-0.1, -0.05) is 18.2 Å². The first-order valence-corrected chi connectivity index (χ1v) is 7.03. The largest absolute Gasteiger partial charge is 0.481 e. The van der Waals surface area contributed by atoms with Crippen molar-refractivity contribution in [1.29, 1.82) is 0 Å². The molecule has 0 spiro atoms. The van der Waals surface area contributed by atoms with Crippen LogP contribution in [-0.4, -0.2) is 33.4 Å². The van der Waals surface area contributed by atoms with Crippen molar-refractivity contribution in [2.24, 2.45) is 0 Å². The molecule has 0 saturated heterocycles. The summed E-state index contributed by atoms with van der Waals surface area (Å²) in [6.45, 7) is 2.41. The van der Waals surface area contributed by atoms with Crippen molar-refractivity contribution in [3.05, 3.63) is 65.5 Å². The number of aliphatic carboxylic acids is 1. The van der Waals surface area contributed by atoms with Crippen LogP contribution in [0.3, 0.4) is 0 Å². The van der Waals surface area contributed by atoms with Crippen LogP contribution in [0.2, 0.25) is 0 Å². The van der Waals surface area contributed by atoms with Gasteiger partial charge in [0.2, 0.25) is 0 Å². The average Bonchev–Trinajstić information content (AvgIpc) is 2.52. The first kappa shape index (κ1) is 15.7. The summed E-state index contributed by atoms with van der Waals surface area (Å²) in [5.74, 6) is -1.08. The molecule has 0 atom stereocenters. The molecule has 0 unspecified atom stereocenters. The van der Waals surface area contributed by atoms with Gasteiger partial charge in [0, 0.05) is 31.0 Å². The van der Waals surface area contributed by atoms with Gasteiger partial charge >= 0.3 is 5.97 Å². The van der Waals surface area contributed by atoms with Crippen molar-refractivity contribution in [1.82, 2.24) is 9.88 Å². The average molecular weight is 298 g/mol. The molecule has 1 heterocycles. The standard InChI is InChI=1S/C17H18N2O3/c1-13-4-2-3-5-15(13)17(22)19(11-8-16(20)21)12-14-6-9-18-10-7-14/h2-7,9-10H,8,11-12H2,1H3,(H,20,21). The SMILES string of the molecule is Cc1ccccc1C(=O)N(CCC(=O)O)Cc1ccncc1. The summed E-state index contributed by atoms with van der Waals surface area (Å²) < 4.78 is 0. The summed E-state index contributed by atoms with van der Waals surface area (Å²) >= 11 is 0. The second-order valence-corrected chi connectivity index (χ2v) is 5.04. The smallest absolute Gasteiger partial charge is 0.305 e. The third-order valence-electron chi connectivity index (χ3n) is 3.38. The predicted octanol–water partition coefficient (Wildman–Crippen LogP) is 2.51. The van der Waals surface area contributed by atoms with E-state index in [9.17, 15) is 9.59 Å². The summed E-state index contributed by atoms with van der Waals surface area (Å²) in [5, 5.41) is 8.89. The maximum Gasteiger partial charge on any atom is 0.305 e. The van der Waals surface area contributed by atoms with E-state index in [2.05, 4.69) is 4.98 Å². The van der Waals surface area contributed by atoms with Crippen LogP contribution in [0.4, 0.5) is 0 Å². The van der Waals surface area contributed by atoms with E-state index in [1.54, 1.807) is 23.4 Å². The Labute approximate surface area is 129 Å². The lowest BCUT2D eigenvalue weighted by Gasteiger charge is -2.23. The van der Waals surface area contributed by atoms with Crippen molar-refractivity contribution < 1.29 is 14.7 Å². The zero-order valence-electron chi connectivity index (χ0n) is 12.4. The van der Waals surface area contributed by atoms with E-state index < -0.39 is 5.97 Å². The highest BCUT2D eigenvalue weighted by atomic mass is 16.4. The van der Waals surface area contributed by atoms with Crippen LogP contribution < -0.4 is 0 Å². The Bertz CT molecular complexity index is 656. The first-order chi connectivity index (χ1) is 10.6. The van der Waals surface area contributed by atoms with Crippen LogP contribution in [0, 0.1) is 6.92 Å². The Kier molecular flexibility index (Phi) is 5.25. The molecule has 0 radical (unpaired) electrons. The van der Waals surface area contributed by atoms with Gasteiger partial charge in [-0.2, -0.15) is 0 Å². The third kappa shape index (κ3) is 4.15. The lowest BCUT2D eigenvalue weighted by atomic mass is 10.1. The molecular formula is C17H18N2O3. The molecule has 2 aromatic rings. The summed E-state index contributed by atoms with van der Waals surface area (Å²) in [5.41, 5.74) is 2.40. The summed E-state index contributed by atoms with van der Waals surface area (Å²) in [6.07, 6.45) is 3.23. The number of benzene rings is 1. The molecule has 0 aliphatic heterocycles. The molecule has 22 heavy (non-hydrogen) atoms. The Morgan fingerprint density at radius 1 is 1.14 bits per heavy atom. The fourth-order valence-electron chi connectivity index (χ4n) is 2.17. The van der Waals surface area contributed by atoms with Crippen molar-refractivity contribution >= 4 is 11.9 Å². The number of aromatic nitrogens is 1. The van der Waals surface area contributed by atoms with Gasteiger partial charge in [-0.3, -0.25) is 14.6 Å². The number of amides is 1. The molecule has 0 aliphatic rings. The van der Waals surface area contributed by atoms with E-state index >= 15 is 0 Å². The van der Waals surface area contributed by atoms with Gasteiger partial charge in [-0.15, -0.1) is 0 Å². The number of hydrogen-bond donors (Lipinski definition) is 1. The number of hydrogen-bond acceptors (Lipinski definition) is 3. The monoisotopic (exact) mass is 298 g/mol. The van der Waals surface area contributed by atoms with Gasteiger partial charge in [-0.05, 0) is 36.2 Å². The van der Waals surface area contributed by atoms with E-state index in [1.807, 2.05) is 37.3 Å². The fraction of sp³-hybridized carbons (Fsp3) is 0.235. The zero-order valence-corrected chi connectivity index (χ0v) is 12.4. The highest BCUT2D eigenvalue weighted by Gasteiger charge is 2.18. The van der Waals surface area contributed by atoms with Crippen LogP contribution in [0.5, 0.6) is 0 Å². The van der Waals surface area contributed by atoms with Gasteiger partial charge < -0.3 is 10.0 Å². The van der Waals surface area contributed by atoms with E-state index in [-0.39, 0.29) is 18.9 Å². The Morgan fingerprint density at radius 3 is 2.45 bits per heavy atom. The van der Waals surface area contributed by atoms with Crippen molar-refractivity contribution in [3.63, 3.8) is 0 Å². The highest BCUT2D eigenvalue weighted by molar-refractivity contribution is 5.95. The normalized spacial score (nSPS) is 10.2. The summed E-state index contributed by atoms with van der Waals surface area (Å²) in [7, 11) is 0. The molecule has 5 heteroatoms. The molecule has 0 fully saturated rings. The van der Waals surface area contributed by atoms with Gasteiger partial charge in [0.05, 0.1) is 6.42 Å². The molecule has 0 bridgehead atoms. The van der Waals surface area contributed by atoms with Gasteiger partial charge in [0.25, 0.3) is 5.91 Å². The topological polar surface area (TPSA) is 70.5 Å².